The van der Waals surface area contributed by atoms with Crippen LogP contribution in [-0.2, 0) is 19.4 Å². The smallest absolute Gasteiger partial charge is 0.257 e. The number of methoxy groups -OCH3 is 2. The second-order valence-corrected chi connectivity index (χ2v) is 8.13. The molecule has 0 N–H and O–H groups in total. The first-order valence-electron chi connectivity index (χ1n) is 9.39. The maximum absolute atomic E-state index is 12.9. The number of hydrogen-bond donors (Lipinski definition) is 0. The van der Waals surface area contributed by atoms with Gasteiger partial charge in [0.1, 0.15) is 16.5 Å². The summed E-state index contributed by atoms with van der Waals surface area (Å²) in [6, 6.07) is 5.34. The summed E-state index contributed by atoms with van der Waals surface area (Å²) in [4.78, 5) is 23.5. The number of ether oxygens (including phenoxy) is 2. The van der Waals surface area contributed by atoms with Gasteiger partial charge in [0.2, 0.25) is 0 Å². The van der Waals surface area contributed by atoms with Crippen LogP contribution in [-0.4, -0.2) is 61.1 Å². The number of fused-ring (bicyclic) bond motifs is 1. The van der Waals surface area contributed by atoms with Crippen LogP contribution in [0.25, 0.3) is 0 Å². The van der Waals surface area contributed by atoms with Crippen LogP contribution >= 0.6 is 11.3 Å². The first kappa shape index (κ1) is 18.3. The Labute approximate surface area is 163 Å². The summed E-state index contributed by atoms with van der Waals surface area (Å²) in [6.45, 7) is 4.08. The summed E-state index contributed by atoms with van der Waals surface area (Å²) >= 11 is 1.87. The standard InChI is InChI=1S/C20H25N3O3S/c1-25-14-6-7-15(17(12-14)26-2)20(24)23-10-8-22(9-11-23)13-19-21-16-4-3-5-18(16)27-19/h6-7,12H,3-5,8-11,13H2,1-2H3. The molecule has 0 bridgehead atoms. The fourth-order valence-corrected chi connectivity index (χ4v) is 4.96. The van der Waals surface area contributed by atoms with Crippen molar-refractivity contribution < 1.29 is 14.3 Å². The third-order valence-electron chi connectivity index (χ3n) is 5.30. The van der Waals surface area contributed by atoms with Crippen LogP contribution in [0.3, 0.4) is 0 Å². The van der Waals surface area contributed by atoms with E-state index in [1.807, 2.05) is 16.2 Å². The SMILES string of the molecule is COc1ccc(C(=O)N2CCN(Cc3nc4c(s3)CCC4)CC2)c(OC)c1. The lowest BCUT2D eigenvalue weighted by atomic mass is 10.1. The van der Waals surface area contributed by atoms with E-state index < -0.39 is 0 Å². The number of benzene rings is 1. The molecule has 2 aromatic rings. The van der Waals surface area contributed by atoms with Gasteiger partial charge < -0.3 is 14.4 Å². The number of aryl methyl sites for hydroxylation is 2. The lowest BCUT2D eigenvalue weighted by molar-refractivity contribution is 0.0625. The summed E-state index contributed by atoms with van der Waals surface area (Å²) in [6.07, 6.45) is 3.58. The zero-order valence-electron chi connectivity index (χ0n) is 15.9. The van der Waals surface area contributed by atoms with Crippen LogP contribution in [0.5, 0.6) is 11.5 Å². The molecule has 2 aliphatic rings. The number of hydrogen-bond acceptors (Lipinski definition) is 6. The van der Waals surface area contributed by atoms with Gasteiger partial charge in [-0.3, -0.25) is 9.69 Å². The second kappa shape index (κ2) is 7.86. The van der Waals surface area contributed by atoms with Crippen LogP contribution in [0.1, 0.15) is 32.4 Å². The lowest BCUT2D eigenvalue weighted by Gasteiger charge is -2.34. The molecule has 6 nitrogen and oxygen atoms in total. The van der Waals surface area contributed by atoms with Gasteiger partial charge in [-0.25, -0.2) is 4.98 Å². The molecule has 0 spiro atoms. The monoisotopic (exact) mass is 387 g/mol. The quantitative estimate of drug-likeness (QED) is 0.789. The van der Waals surface area contributed by atoms with E-state index in [2.05, 4.69) is 4.90 Å². The minimum absolute atomic E-state index is 0.0161. The minimum atomic E-state index is 0.0161. The second-order valence-electron chi connectivity index (χ2n) is 6.97. The minimum Gasteiger partial charge on any atom is -0.497 e. The van der Waals surface area contributed by atoms with Gasteiger partial charge in [-0.05, 0) is 31.4 Å². The highest BCUT2D eigenvalue weighted by Crippen LogP contribution is 2.29. The zero-order chi connectivity index (χ0) is 18.8. The summed E-state index contributed by atoms with van der Waals surface area (Å²) in [5, 5.41) is 1.22. The Kier molecular flexibility index (Phi) is 5.31. The number of carbonyl (C=O) groups is 1. The molecule has 1 aliphatic carbocycles. The van der Waals surface area contributed by atoms with Crippen molar-refractivity contribution in [2.75, 3.05) is 40.4 Å². The molecule has 0 radical (unpaired) electrons. The number of rotatable bonds is 5. The highest BCUT2D eigenvalue weighted by Gasteiger charge is 2.25. The van der Waals surface area contributed by atoms with Gasteiger partial charge in [0.25, 0.3) is 5.91 Å². The summed E-state index contributed by atoms with van der Waals surface area (Å²) in [5.41, 5.74) is 1.90. The molecule has 0 saturated carbocycles. The van der Waals surface area contributed by atoms with Crippen LogP contribution < -0.4 is 9.47 Å². The predicted molar refractivity (Wildman–Crippen MR) is 105 cm³/mol. The van der Waals surface area contributed by atoms with Crippen LogP contribution in [0.15, 0.2) is 18.2 Å². The lowest BCUT2D eigenvalue weighted by Crippen LogP contribution is -2.48. The number of piperazine rings is 1. The normalized spacial score (nSPS) is 17.0. The van der Waals surface area contributed by atoms with E-state index in [4.69, 9.17) is 14.5 Å². The Bertz CT molecular complexity index is 806. The van der Waals surface area contributed by atoms with Crippen molar-refractivity contribution >= 4 is 17.2 Å². The molecule has 1 aliphatic heterocycles. The van der Waals surface area contributed by atoms with Crippen molar-refractivity contribution in [2.45, 2.75) is 25.8 Å². The molecule has 1 amide bonds. The van der Waals surface area contributed by atoms with Crippen LogP contribution in [0, 0.1) is 0 Å². The third-order valence-corrected chi connectivity index (χ3v) is 6.44. The molecule has 1 fully saturated rings. The fourth-order valence-electron chi connectivity index (χ4n) is 3.76. The Balaban J connectivity index is 1.36. The number of amides is 1. The topological polar surface area (TPSA) is 54.9 Å². The number of carbonyl (C=O) groups excluding carboxylic acids is 1. The van der Waals surface area contributed by atoms with Crippen LogP contribution in [0.2, 0.25) is 0 Å². The number of nitrogens with zero attached hydrogens (tertiary/aromatic N) is 3. The maximum atomic E-state index is 12.9. The van der Waals surface area contributed by atoms with E-state index in [0.29, 0.717) is 17.1 Å². The van der Waals surface area contributed by atoms with Gasteiger partial charge in [0.15, 0.2) is 0 Å². The summed E-state index contributed by atoms with van der Waals surface area (Å²) in [5.74, 6) is 1.25. The zero-order valence-corrected chi connectivity index (χ0v) is 16.7. The molecular formula is C20H25N3O3S. The largest absolute Gasteiger partial charge is 0.497 e. The average molecular weight is 388 g/mol. The van der Waals surface area contributed by atoms with Crippen molar-refractivity contribution in [1.82, 2.24) is 14.8 Å². The third kappa shape index (κ3) is 3.80. The Hall–Kier alpha value is -2.12. The molecule has 27 heavy (non-hydrogen) atoms. The van der Waals surface area contributed by atoms with E-state index >= 15 is 0 Å². The van der Waals surface area contributed by atoms with E-state index in [0.717, 1.165) is 39.1 Å². The van der Waals surface area contributed by atoms with E-state index in [9.17, 15) is 4.79 Å². The Morgan fingerprint density at radius 2 is 1.96 bits per heavy atom. The average Bonchev–Trinajstić information content (AvgIpc) is 3.29. The highest BCUT2D eigenvalue weighted by atomic mass is 32.1. The van der Waals surface area contributed by atoms with Gasteiger partial charge >= 0.3 is 0 Å². The Morgan fingerprint density at radius 1 is 1.15 bits per heavy atom. The summed E-state index contributed by atoms with van der Waals surface area (Å²) < 4.78 is 10.6. The van der Waals surface area contributed by atoms with Gasteiger partial charge in [-0.15, -0.1) is 11.3 Å². The molecular weight excluding hydrogens is 362 g/mol. The van der Waals surface area contributed by atoms with Crippen molar-refractivity contribution in [3.05, 3.63) is 39.3 Å². The molecule has 144 valence electrons. The molecule has 0 atom stereocenters. The van der Waals surface area contributed by atoms with Gasteiger partial charge in [0, 0.05) is 37.1 Å². The molecule has 1 aromatic carbocycles. The van der Waals surface area contributed by atoms with E-state index in [1.54, 1.807) is 32.4 Å². The Morgan fingerprint density at radius 3 is 2.67 bits per heavy atom. The maximum Gasteiger partial charge on any atom is 0.257 e. The highest BCUT2D eigenvalue weighted by molar-refractivity contribution is 7.11. The van der Waals surface area contributed by atoms with Crippen LogP contribution in [0.4, 0.5) is 0 Å². The predicted octanol–water partition coefficient (Wildman–Crippen LogP) is 2.61. The van der Waals surface area contributed by atoms with Crippen molar-refractivity contribution in [3.63, 3.8) is 0 Å². The number of aromatic nitrogens is 1. The molecule has 1 aromatic heterocycles. The van der Waals surface area contributed by atoms with Crippen molar-refractivity contribution in [1.29, 1.82) is 0 Å². The first-order chi connectivity index (χ1) is 13.2. The van der Waals surface area contributed by atoms with Crippen molar-refractivity contribution in [2.24, 2.45) is 0 Å². The van der Waals surface area contributed by atoms with Gasteiger partial charge in [-0.2, -0.15) is 0 Å². The number of thiazole rings is 1. The molecule has 7 heteroatoms. The fraction of sp³-hybridized carbons (Fsp3) is 0.500. The van der Waals surface area contributed by atoms with E-state index in [1.165, 1.54) is 28.4 Å². The molecule has 0 unspecified atom stereocenters. The van der Waals surface area contributed by atoms with Gasteiger partial charge in [0.05, 0.1) is 32.0 Å². The molecule has 4 rings (SSSR count). The van der Waals surface area contributed by atoms with Gasteiger partial charge in [-0.1, -0.05) is 0 Å². The molecule has 2 heterocycles. The van der Waals surface area contributed by atoms with Crippen molar-refractivity contribution in [3.8, 4) is 11.5 Å². The molecule has 1 saturated heterocycles. The first-order valence-corrected chi connectivity index (χ1v) is 10.2. The van der Waals surface area contributed by atoms with E-state index in [-0.39, 0.29) is 5.91 Å². The summed E-state index contributed by atoms with van der Waals surface area (Å²) in [7, 11) is 3.18.